The fourth-order valence-electron chi connectivity index (χ4n) is 3.15. The van der Waals surface area contributed by atoms with Crippen LogP contribution >= 0.6 is 0 Å². The third-order valence-electron chi connectivity index (χ3n) is 4.47. The van der Waals surface area contributed by atoms with Gasteiger partial charge in [-0.05, 0) is 42.7 Å². The van der Waals surface area contributed by atoms with Crippen molar-refractivity contribution in [3.05, 3.63) is 71.4 Å². The van der Waals surface area contributed by atoms with Crippen LogP contribution in [0.1, 0.15) is 16.7 Å². The van der Waals surface area contributed by atoms with Crippen molar-refractivity contribution >= 4 is 11.6 Å². The van der Waals surface area contributed by atoms with Crippen LogP contribution in [-0.2, 0) is 17.6 Å². The van der Waals surface area contributed by atoms with Gasteiger partial charge in [-0.15, -0.1) is 0 Å². The maximum Gasteiger partial charge on any atom is 0.231 e. The molecule has 0 bridgehead atoms. The molecule has 120 valence electrons. The molecule has 0 spiro atoms. The Labute approximate surface area is 140 Å². The molecule has 0 fully saturated rings. The second-order valence-corrected chi connectivity index (χ2v) is 6.18. The lowest BCUT2D eigenvalue weighted by molar-refractivity contribution is -0.117. The van der Waals surface area contributed by atoms with Crippen molar-refractivity contribution in [1.29, 1.82) is 0 Å². The summed E-state index contributed by atoms with van der Waals surface area (Å²) in [7, 11) is 0. The highest BCUT2D eigenvalue weighted by Gasteiger charge is 2.25. The molecular weight excluding hydrogens is 300 g/mol. The second kappa shape index (κ2) is 5.96. The molecule has 4 rings (SSSR count). The number of fused-ring (bicyclic) bond motifs is 1. The first kappa shape index (κ1) is 14.7. The van der Waals surface area contributed by atoms with Crippen LogP contribution in [-0.4, -0.2) is 17.6 Å². The van der Waals surface area contributed by atoms with Crippen molar-refractivity contribution in [1.82, 2.24) is 5.16 Å². The first-order valence-corrected chi connectivity index (χ1v) is 8.10. The van der Waals surface area contributed by atoms with E-state index in [0.29, 0.717) is 6.42 Å². The van der Waals surface area contributed by atoms with Crippen molar-refractivity contribution in [3.8, 4) is 11.3 Å². The summed E-state index contributed by atoms with van der Waals surface area (Å²) in [4.78, 5) is 14.6. The van der Waals surface area contributed by atoms with Crippen LogP contribution in [0, 0.1) is 6.92 Å². The summed E-state index contributed by atoms with van der Waals surface area (Å²) in [5, 5.41) is 3.75. The van der Waals surface area contributed by atoms with Gasteiger partial charge < -0.3 is 9.42 Å². The van der Waals surface area contributed by atoms with Gasteiger partial charge in [0, 0.05) is 23.9 Å². The Hall–Kier alpha value is -2.88. The molecule has 0 radical (unpaired) electrons. The summed E-state index contributed by atoms with van der Waals surface area (Å²) in [6, 6.07) is 16.1. The number of carbonyl (C=O) groups excluding carboxylic acids is 1. The summed E-state index contributed by atoms with van der Waals surface area (Å²) < 4.78 is 5.21. The Bertz CT molecular complexity index is 867. The van der Waals surface area contributed by atoms with Gasteiger partial charge in [-0.3, -0.25) is 4.79 Å². The van der Waals surface area contributed by atoms with Gasteiger partial charge in [0.2, 0.25) is 5.91 Å². The van der Waals surface area contributed by atoms with E-state index in [1.165, 1.54) is 11.1 Å². The highest BCUT2D eigenvalue weighted by atomic mass is 16.5. The number of nitrogens with zero attached hydrogens (tertiary/aromatic N) is 2. The lowest BCUT2D eigenvalue weighted by atomic mass is 10.1. The number of carbonyl (C=O) groups is 1. The molecule has 1 amide bonds. The second-order valence-electron chi connectivity index (χ2n) is 6.18. The summed E-state index contributed by atoms with van der Waals surface area (Å²) >= 11 is 0. The quantitative estimate of drug-likeness (QED) is 0.738. The summed E-state index contributed by atoms with van der Waals surface area (Å²) in [5.41, 5.74) is 5.45. The number of rotatable bonds is 3. The Morgan fingerprint density at radius 1 is 1.17 bits per heavy atom. The molecule has 4 heteroatoms. The third-order valence-corrected chi connectivity index (χ3v) is 4.47. The zero-order chi connectivity index (χ0) is 16.5. The van der Waals surface area contributed by atoms with Crippen LogP contribution in [0.4, 0.5) is 5.69 Å². The average molecular weight is 318 g/mol. The normalized spacial score (nSPS) is 13.1. The van der Waals surface area contributed by atoms with E-state index in [4.69, 9.17) is 4.52 Å². The van der Waals surface area contributed by atoms with Gasteiger partial charge in [0.15, 0.2) is 5.76 Å². The fraction of sp³-hybridized carbons (Fsp3) is 0.200. The molecule has 1 aliphatic rings. The minimum absolute atomic E-state index is 0.144. The third kappa shape index (κ3) is 2.71. The maximum atomic E-state index is 12.7. The minimum atomic E-state index is 0.144. The molecule has 1 aromatic heterocycles. The van der Waals surface area contributed by atoms with E-state index in [-0.39, 0.29) is 5.91 Å². The average Bonchev–Trinajstić information content (AvgIpc) is 3.25. The first-order valence-electron chi connectivity index (χ1n) is 8.10. The molecule has 4 nitrogen and oxygen atoms in total. The standard InChI is InChI=1S/C20H18N2O2/c1-14-2-4-15(5-3-14)12-20(23)22-11-9-16-13-17(6-7-18(16)22)19-8-10-21-24-19/h2-8,10,13H,9,11-12H2,1H3. The SMILES string of the molecule is Cc1ccc(CC(=O)N2CCc3cc(-c4ccno4)ccc32)cc1. The van der Waals surface area contributed by atoms with E-state index in [9.17, 15) is 4.79 Å². The molecule has 2 heterocycles. The van der Waals surface area contributed by atoms with E-state index in [0.717, 1.165) is 35.5 Å². The van der Waals surface area contributed by atoms with Gasteiger partial charge >= 0.3 is 0 Å². The van der Waals surface area contributed by atoms with Gasteiger partial charge in [-0.1, -0.05) is 35.0 Å². The highest BCUT2D eigenvalue weighted by molar-refractivity contribution is 5.97. The maximum absolute atomic E-state index is 12.7. The lowest BCUT2D eigenvalue weighted by Gasteiger charge is -2.17. The summed E-state index contributed by atoms with van der Waals surface area (Å²) in [6.45, 7) is 2.79. The Morgan fingerprint density at radius 3 is 2.75 bits per heavy atom. The van der Waals surface area contributed by atoms with Gasteiger partial charge in [-0.25, -0.2) is 0 Å². The Balaban J connectivity index is 1.55. The molecule has 0 unspecified atom stereocenters. The van der Waals surface area contributed by atoms with Gasteiger partial charge in [0.25, 0.3) is 0 Å². The number of aromatic nitrogens is 1. The number of hydrogen-bond donors (Lipinski definition) is 0. The smallest absolute Gasteiger partial charge is 0.231 e. The number of benzene rings is 2. The van der Waals surface area contributed by atoms with Crippen molar-refractivity contribution < 1.29 is 9.32 Å². The Kier molecular flexibility index (Phi) is 3.65. The zero-order valence-electron chi connectivity index (χ0n) is 13.5. The molecule has 0 aliphatic carbocycles. The molecule has 0 atom stereocenters. The molecule has 0 saturated heterocycles. The van der Waals surface area contributed by atoms with Gasteiger partial charge in [0.05, 0.1) is 12.6 Å². The monoisotopic (exact) mass is 318 g/mol. The topological polar surface area (TPSA) is 46.3 Å². The molecular formula is C20H18N2O2. The molecule has 2 aromatic carbocycles. The predicted molar refractivity (Wildman–Crippen MR) is 92.9 cm³/mol. The molecule has 0 N–H and O–H groups in total. The number of hydrogen-bond acceptors (Lipinski definition) is 3. The van der Waals surface area contributed by atoms with E-state index in [1.54, 1.807) is 6.20 Å². The number of anilines is 1. The number of amides is 1. The fourth-order valence-corrected chi connectivity index (χ4v) is 3.15. The number of aryl methyl sites for hydroxylation is 1. The van der Waals surface area contributed by atoms with Crippen LogP contribution in [0.2, 0.25) is 0 Å². The zero-order valence-corrected chi connectivity index (χ0v) is 13.5. The summed E-state index contributed by atoms with van der Waals surface area (Å²) in [6.07, 6.45) is 2.94. The van der Waals surface area contributed by atoms with Crippen molar-refractivity contribution in [2.45, 2.75) is 19.8 Å². The van der Waals surface area contributed by atoms with E-state index in [2.05, 4.69) is 18.1 Å². The van der Waals surface area contributed by atoms with E-state index in [1.807, 2.05) is 47.4 Å². The molecule has 1 aliphatic heterocycles. The van der Waals surface area contributed by atoms with Crippen molar-refractivity contribution in [2.24, 2.45) is 0 Å². The van der Waals surface area contributed by atoms with Gasteiger partial charge in [-0.2, -0.15) is 0 Å². The van der Waals surface area contributed by atoms with Crippen LogP contribution in [0.5, 0.6) is 0 Å². The first-order chi connectivity index (χ1) is 11.7. The van der Waals surface area contributed by atoms with Crippen LogP contribution in [0.25, 0.3) is 11.3 Å². The predicted octanol–water partition coefficient (Wildman–Crippen LogP) is 3.78. The highest BCUT2D eigenvalue weighted by Crippen LogP contribution is 2.32. The lowest BCUT2D eigenvalue weighted by Crippen LogP contribution is -2.30. The van der Waals surface area contributed by atoms with Crippen LogP contribution in [0.15, 0.2) is 59.3 Å². The summed E-state index contributed by atoms with van der Waals surface area (Å²) in [5.74, 6) is 0.896. The molecule has 24 heavy (non-hydrogen) atoms. The van der Waals surface area contributed by atoms with E-state index >= 15 is 0 Å². The van der Waals surface area contributed by atoms with Crippen LogP contribution < -0.4 is 4.90 Å². The Morgan fingerprint density at radius 2 is 2.00 bits per heavy atom. The van der Waals surface area contributed by atoms with Crippen molar-refractivity contribution in [2.75, 3.05) is 11.4 Å². The van der Waals surface area contributed by atoms with E-state index < -0.39 is 0 Å². The molecule has 0 saturated carbocycles. The van der Waals surface area contributed by atoms with Crippen molar-refractivity contribution in [3.63, 3.8) is 0 Å². The van der Waals surface area contributed by atoms with Crippen LogP contribution in [0.3, 0.4) is 0 Å². The van der Waals surface area contributed by atoms with Gasteiger partial charge in [0.1, 0.15) is 0 Å². The minimum Gasteiger partial charge on any atom is -0.356 e. The molecule has 3 aromatic rings. The largest absolute Gasteiger partial charge is 0.356 e.